The Morgan fingerprint density at radius 1 is 1.03 bits per heavy atom. The quantitative estimate of drug-likeness (QED) is 0.299. The van der Waals surface area contributed by atoms with E-state index in [0.717, 1.165) is 28.6 Å². The normalized spacial score (nSPS) is 17.9. The van der Waals surface area contributed by atoms with Crippen molar-refractivity contribution in [2.24, 2.45) is 0 Å². The van der Waals surface area contributed by atoms with Gasteiger partial charge in [-0.1, -0.05) is 47.8 Å². The van der Waals surface area contributed by atoms with Gasteiger partial charge in [0.1, 0.15) is 5.54 Å². The lowest BCUT2D eigenvalue weighted by Gasteiger charge is -2.22. The van der Waals surface area contributed by atoms with E-state index in [9.17, 15) is 19.2 Å². The lowest BCUT2D eigenvalue weighted by Crippen LogP contribution is -2.41. The van der Waals surface area contributed by atoms with Crippen LogP contribution in [0.2, 0.25) is 0 Å². The third-order valence-electron chi connectivity index (χ3n) is 5.50. The number of anilines is 1. The molecule has 1 aliphatic heterocycles. The van der Waals surface area contributed by atoms with Crippen molar-refractivity contribution in [3.63, 3.8) is 0 Å². The standard InChI is InChI=1S/C24H26BrN3O4/c1-3-4-5-6-21(30)26-19-13-7-16(8-14-19)20(29)15-28-22(31)24(2,27-23(28)32)17-9-11-18(25)12-10-17/h7-14H,3-6,15H2,1-2H3,(H,26,30)(H,27,32)/t24-/m1/s1. The number of unbranched alkanes of at least 4 members (excludes halogenated alkanes) is 2. The molecule has 0 spiro atoms. The van der Waals surface area contributed by atoms with Crippen LogP contribution >= 0.6 is 15.9 Å². The molecule has 1 atom stereocenters. The molecule has 2 aromatic rings. The average Bonchev–Trinajstić information content (AvgIpc) is 2.98. The van der Waals surface area contributed by atoms with Gasteiger partial charge in [-0.2, -0.15) is 0 Å². The molecule has 1 saturated heterocycles. The second-order valence-corrected chi connectivity index (χ2v) is 8.87. The zero-order valence-corrected chi connectivity index (χ0v) is 19.7. The number of urea groups is 1. The zero-order valence-electron chi connectivity index (χ0n) is 18.1. The molecular weight excluding hydrogens is 474 g/mol. The highest BCUT2D eigenvalue weighted by Gasteiger charge is 2.49. The summed E-state index contributed by atoms with van der Waals surface area (Å²) in [5.74, 6) is -0.910. The van der Waals surface area contributed by atoms with Crippen LogP contribution in [-0.2, 0) is 15.1 Å². The number of halogens is 1. The van der Waals surface area contributed by atoms with E-state index in [-0.39, 0.29) is 18.2 Å². The fraction of sp³-hybridized carbons (Fsp3) is 0.333. The van der Waals surface area contributed by atoms with Gasteiger partial charge in [0.25, 0.3) is 5.91 Å². The first-order valence-corrected chi connectivity index (χ1v) is 11.4. The molecule has 0 saturated carbocycles. The molecule has 0 aliphatic carbocycles. The smallest absolute Gasteiger partial charge is 0.325 e. The van der Waals surface area contributed by atoms with Crippen molar-refractivity contribution >= 4 is 45.2 Å². The maximum absolute atomic E-state index is 13.0. The minimum absolute atomic E-state index is 0.0657. The first-order chi connectivity index (χ1) is 15.2. The number of imide groups is 1. The Balaban J connectivity index is 1.64. The second-order valence-electron chi connectivity index (χ2n) is 7.96. The number of carbonyl (C=O) groups is 4. The molecule has 1 fully saturated rings. The van der Waals surface area contributed by atoms with Gasteiger partial charge in [-0.3, -0.25) is 19.3 Å². The summed E-state index contributed by atoms with van der Waals surface area (Å²) in [7, 11) is 0. The molecule has 8 heteroatoms. The van der Waals surface area contributed by atoms with Gasteiger partial charge in [-0.15, -0.1) is 0 Å². The highest BCUT2D eigenvalue weighted by molar-refractivity contribution is 9.10. The summed E-state index contributed by atoms with van der Waals surface area (Å²) < 4.78 is 0.856. The van der Waals surface area contributed by atoms with E-state index in [4.69, 9.17) is 0 Å². The fourth-order valence-electron chi connectivity index (χ4n) is 3.55. The second kappa shape index (κ2) is 10.1. The number of nitrogens with one attached hydrogen (secondary N) is 2. The van der Waals surface area contributed by atoms with Crippen LogP contribution in [0.5, 0.6) is 0 Å². The molecule has 0 bridgehead atoms. The summed E-state index contributed by atoms with van der Waals surface area (Å²) in [6, 6.07) is 12.9. The van der Waals surface area contributed by atoms with Crippen molar-refractivity contribution in [2.45, 2.75) is 45.1 Å². The highest BCUT2D eigenvalue weighted by atomic mass is 79.9. The lowest BCUT2D eigenvalue weighted by molar-refractivity contribution is -0.130. The Morgan fingerprint density at radius 2 is 1.69 bits per heavy atom. The number of Topliss-reactive ketones (excluding diaryl/α,β-unsaturated/α-hetero) is 1. The van der Waals surface area contributed by atoms with Crippen LogP contribution in [0, 0.1) is 0 Å². The monoisotopic (exact) mass is 499 g/mol. The summed E-state index contributed by atoms with van der Waals surface area (Å²) in [6.07, 6.45) is 3.34. The predicted octanol–water partition coefficient (Wildman–Crippen LogP) is 4.62. The van der Waals surface area contributed by atoms with Crippen LogP contribution in [0.15, 0.2) is 53.0 Å². The molecule has 1 heterocycles. The molecular formula is C24H26BrN3O4. The Labute approximate surface area is 195 Å². The van der Waals surface area contributed by atoms with E-state index in [0.29, 0.717) is 23.2 Å². The fourth-order valence-corrected chi connectivity index (χ4v) is 3.82. The summed E-state index contributed by atoms with van der Waals surface area (Å²) in [6.45, 7) is 3.34. The Hall–Kier alpha value is -3.00. The molecule has 0 aromatic heterocycles. The molecule has 168 valence electrons. The third kappa shape index (κ3) is 5.24. The van der Waals surface area contributed by atoms with Crippen molar-refractivity contribution < 1.29 is 19.2 Å². The van der Waals surface area contributed by atoms with Gasteiger partial charge in [-0.05, 0) is 55.3 Å². The van der Waals surface area contributed by atoms with Gasteiger partial charge in [0.05, 0.1) is 6.54 Å². The van der Waals surface area contributed by atoms with Crippen molar-refractivity contribution in [3.05, 3.63) is 64.1 Å². The Bertz CT molecular complexity index is 1020. The SMILES string of the molecule is CCCCCC(=O)Nc1ccc(C(=O)CN2C(=O)N[C@](C)(c3ccc(Br)cc3)C2=O)cc1. The van der Waals surface area contributed by atoms with E-state index in [1.807, 2.05) is 0 Å². The zero-order chi connectivity index (χ0) is 23.3. The van der Waals surface area contributed by atoms with Crippen LogP contribution in [-0.4, -0.2) is 35.1 Å². The number of hydrogen-bond donors (Lipinski definition) is 2. The van der Waals surface area contributed by atoms with Crippen molar-refractivity contribution in [1.82, 2.24) is 10.2 Å². The number of amides is 4. The van der Waals surface area contributed by atoms with Gasteiger partial charge in [-0.25, -0.2) is 4.79 Å². The predicted molar refractivity (Wildman–Crippen MR) is 125 cm³/mol. The van der Waals surface area contributed by atoms with E-state index in [2.05, 4.69) is 33.5 Å². The number of rotatable bonds is 9. The van der Waals surface area contributed by atoms with E-state index >= 15 is 0 Å². The first kappa shape index (κ1) is 23.7. The summed E-state index contributed by atoms with van der Waals surface area (Å²) in [4.78, 5) is 51.1. The maximum Gasteiger partial charge on any atom is 0.325 e. The Kier molecular flexibility index (Phi) is 7.45. The van der Waals surface area contributed by atoms with E-state index in [1.54, 1.807) is 55.5 Å². The largest absolute Gasteiger partial charge is 0.326 e. The molecule has 0 unspecified atom stereocenters. The number of carbonyl (C=O) groups excluding carboxylic acids is 4. The highest BCUT2D eigenvalue weighted by Crippen LogP contribution is 2.30. The van der Waals surface area contributed by atoms with Crippen molar-refractivity contribution in [1.29, 1.82) is 0 Å². The summed E-state index contributed by atoms with van der Waals surface area (Å²) >= 11 is 3.35. The minimum atomic E-state index is -1.23. The molecule has 4 amide bonds. The number of benzene rings is 2. The van der Waals surface area contributed by atoms with Gasteiger partial charge >= 0.3 is 6.03 Å². The van der Waals surface area contributed by atoms with Gasteiger partial charge in [0.2, 0.25) is 5.91 Å². The molecule has 7 nitrogen and oxygen atoms in total. The first-order valence-electron chi connectivity index (χ1n) is 10.6. The summed E-state index contributed by atoms with van der Waals surface area (Å²) in [5, 5.41) is 5.50. The lowest BCUT2D eigenvalue weighted by atomic mass is 9.92. The Morgan fingerprint density at radius 3 is 2.31 bits per heavy atom. The molecule has 1 aliphatic rings. The third-order valence-corrected chi connectivity index (χ3v) is 6.02. The number of ketones is 1. The molecule has 32 heavy (non-hydrogen) atoms. The average molecular weight is 500 g/mol. The van der Waals surface area contributed by atoms with Gasteiger partial charge in [0.15, 0.2) is 5.78 Å². The minimum Gasteiger partial charge on any atom is -0.326 e. The van der Waals surface area contributed by atoms with E-state index in [1.165, 1.54) is 0 Å². The topological polar surface area (TPSA) is 95.6 Å². The van der Waals surface area contributed by atoms with Crippen LogP contribution in [0.25, 0.3) is 0 Å². The van der Waals surface area contributed by atoms with E-state index < -0.39 is 17.5 Å². The molecule has 0 radical (unpaired) electrons. The maximum atomic E-state index is 13.0. The number of nitrogens with zero attached hydrogens (tertiary/aromatic N) is 1. The van der Waals surface area contributed by atoms with Crippen molar-refractivity contribution in [2.75, 3.05) is 11.9 Å². The van der Waals surface area contributed by atoms with Crippen LogP contribution in [0.4, 0.5) is 10.5 Å². The van der Waals surface area contributed by atoms with Crippen molar-refractivity contribution in [3.8, 4) is 0 Å². The van der Waals surface area contributed by atoms with Crippen LogP contribution in [0.1, 0.15) is 55.5 Å². The summed E-state index contributed by atoms with van der Waals surface area (Å²) in [5.41, 5.74) is 0.352. The van der Waals surface area contributed by atoms with Gasteiger partial charge < -0.3 is 10.6 Å². The van der Waals surface area contributed by atoms with Crippen LogP contribution in [0.3, 0.4) is 0 Å². The molecule has 3 rings (SSSR count). The molecule has 2 N–H and O–H groups in total. The number of hydrogen-bond acceptors (Lipinski definition) is 4. The molecule has 2 aromatic carbocycles. The van der Waals surface area contributed by atoms with Gasteiger partial charge in [0, 0.05) is 22.1 Å². The van der Waals surface area contributed by atoms with Crippen LogP contribution < -0.4 is 10.6 Å².